The summed E-state index contributed by atoms with van der Waals surface area (Å²) in [6, 6.07) is 3.46. The average molecular weight is 317 g/mol. The summed E-state index contributed by atoms with van der Waals surface area (Å²) in [5, 5.41) is 13.9. The van der Waals surface area contributed by atoms with Crippen molar-refractivity contribution in [3.8, 4) is 0 Å². The third kappa shape index (κ3) is 5.05. The molecule has 0 unspecified atom stereocenters. The molecule has 1 saturated heterocycles. The van der Waals surface area contributed by atoms with Crippen LogP contribution in [0.4, 0.5) is 5.82 Å². The molecule has 7 heteroatoms. The van der Waals surface area contributed by atoms with Gasteiger partial charge in [0.2, 0.25) is 11.8 Å². The van der Waals surface area contributed by atoms with Gasteiger partial charge in [-0.2, -0.15) is 5.10 Å². The number of amides is 2. The second-order valence-electron chi connectivity index (χ2n) is 5.63. The van der Waals surface area contributed by atoms with Gasteiger partial charge in [0.05, 0.1) is 0 Å². The zero-order valence-corrected chi connectivity index (χ0v) is 13.4. The fourth-order valence-corrected chi connectivity index (χ4v) is 2.69. The highest BCUT2D eigenvalue weighted by Gasteiger charge is 2.28. The molecule has 1 aliphatic heterocycles. The summed E-state index contributed by atoms with van der Waals surface area (Å²) < 4.78 is 0. The molecule has 124 valence electrons. The van der Waals surface area contributed by atoms with E-state index in [0.717, 1.165) is 18.7 Å². The fourth-order valence-electron chi connectivity index (χ4n) is 2.69. The van der Waals surface area contributed by atoms with E-state index in [1.807, 2.05) is 12.1 Å². The molecule has 1 aromatic heterocycles. The first kappa shape index (κ1) is 16.9. The summed E-state index contributed by atoms with van der Waals surface area (Å²) in [5.41, 5.74) is 0. The molecule has 1 aromatic rings. The summed E-state index contributed by atoms with van der Waals surface area (Å²) >= 11 is 0. The first-order chi connectivity index (χ1) is 11.1. The molecule has 2 heterocycles. The van der Waals surface area contributed by atoms with Crippen molar-refractivity contribution in [2.75, 3.05) is 18.4 Å². The number of hydrogen-bond donors (Lipinski definition) is 2. The van der Waals surface area contributed by atoms with E-state index >= 15 is 0 Å². The van der Waals surface area contributed by atoms with E-state index in [1.54, 1.807) is 17.2 Å². The number of carbonyl (C=O) groups excluding carboxylic acids is 2. The van der Waals surface area contributed by atoms with Gasteiger partial charge in [-0.25, -0.2) is 0 Å². The Kier molecular flexibility index (Phi) is 6.08. The number of aromatic nitrogens is 2. The zero-order chi connectivity index (χ0) is 16.7. The van der Waals surface area contributed by atoms with Gasteiger partial charge in [0.15, 0.2) is 0 Å². The van der Waals surface area contributed by atoms with Gasteiger partial charge in [-0.15, -0.1) is 11.7 Å². The molecule has 1 aliphatic rings. The minimum absolute atomic E-state index is 0.0435. The molecule has 0 saturated carbocycles. The molecule has 0 aliphatic carbocycles. The normalized spacial score (nSPS) is 16.5. The van der Waals surface area contributed by atoms with Gasteiger partial charge in [0.1, 0.15) is 11.9 Å². The lowest BCUT2D eigenvalue weighted by Gasteiger charge is -2.34. The smallest absolute Gasteiger partial charge is 0.245 e. The Hall–Kier alpha value is -2.44. The summed E-state index contributed by atoms with van der Waals surface area (Å²) in [7, 11) is 0. The highest BCUT2D eigenvalue weighted by atomic mass is 16.2. The maximum absolute atomic E-state index is 12.5. The van der Waals surface area contributed by atoms with E-state index in [0.29, 0.717) is 19.5 Å². The molecule has 23 heavy (non-hydrogen) atoms. The Balaban J connectivity index is 1.86. The zero-order valence-electron chi connectivity index (χ0n) is 13.4. The molecule has 2 N–H and O–H groups in total. The van der Waals surface area contributed by atoms with E-state index in [2.05, 4.69) is 27.4 Å². The van der Waals surface area contributed by atoms with Gasteiger partial charge in [-0.3, -0.25) is 9.59 Å². The van der Waals surface area contributed by atoms with Crippen LogP contribution in [0.25, 0.3) is 0 Å². The van der Waals surface area contributed by atoms with Gasteiger partial charge < -0.3 is 15.5 Å². The van der Waals surface area contributed by atoms with Crippen LogP contribution in [0.3, 0.4) is 0 Å². The minimum Gasteiger partial charge on any atom is -0.366 e. The molecule has 2 amide bonds. The van der Waals surface area contributed by atoms with E-state index in [1.165, 1.54) is 6.92 Å². The Bertz CT molecular complexity index is 541. The minimum atomic E-state index is -0.519. The second kappa shape index (κ2) is 8.26. The van der Waals surface area contributed by atoms with Crippen LogP contribution in [0.2, 0.25) is 0 Å². The molecular weight excluding hydrogens is 294 g/mol. The Morgan fingerprint density at radius 1 is 1.48 bits per heavy atom. The van der Waals surface area contributed by atoms with Crippen molar-refractivity contribution in [3.05, 3.63) is 31.0 Å². The van der Waals surface area contributed by atoms with Crippen LogP contribution in [0.1, 0.15) is 26.2 Å². The third-order valence-corrected chi connectivity index (χ3v) is 3.81. The van der Waals surface area contributed by atoms with Crippen molar-refractivity contribution in [3.63, 3.8) is 0 Å². The molecule has 1 atom stereocenters. The molecule has 1 fully saturated rings. The van der Waals surface area contributed by atoms with Crippen molar-refractivity contribution >= 4 is 17.6 Å². The van der Waals surface area contributed by atoms with Crippen LogP contribution in [0.15, 0.2) is 31.0 Å². The van der Waals surface area contributed by atoms with Gasteiger partial charge in [-0.05, 0) is 31.4 Å². The monoisotopic (exact) mass is 317 g/mol. The molecular formula is C16H23N5O2. The number of hydrogen-bond acceptors (Lipinski definition) is 5. The number of nitrogens with zero attached hydrogens (tertiary/aromatic N) is 3. The van der Waals surface area contributed by atoms with E-state index in [9.17, 15) is 9.59 Å². The van der Waals surface area contributed by atoms with Crippen LogP contribution in [0.5, 0.6) is 0 Å². The lowest BCUT2D eigenvalue weighted by Crippen LogP contribution is -2.51. The van der Waals surface area contributed by atoms with Gasteiger partial charge in [-0.1, -0.05) is 6.08 Å². The summed E-state index contributed by atoms with van der Waals surface area (Å²) in [6.45, 7) is 6.38. The Labute approximate surface area is 136 Å². The van der Waals surface area contributed by atoms with E-state index in [4.69, 9.17) is 0 Å². The largest absolute Gasteiger partial charge is 0.366 e. The fraction of sp³-hybridized carbons (Fsp3) is 0.500. The number of piperidine rings is 1. The number of rotatable bonds is 6. The maximum Gasteiger partial charge on any atom is 0.245 e. The van der Waals surface area contributed by atoms with Crippen LogP contribution in [-0.2, 0) is 9.59 Å². The third-order valence-electron chi connectivity index (χ3n) is 3.81. The topological polar surface area (TPSA) is 87.2 Å². The van der Waals surface area contributed by atoms with Crippen LogP contribution >= 0.6 is 0 Å². The van der Waals surface area contributed by atoms with Gasteiger partial charge >= 0.3 is 0 Å². The first-order valence-electron chi connectivity index (χ1n) is 7.81. The lowest BCUT2D eigenvalue weighted by molar-refractivity contribution is -0.136. The predicted octanol–water partition coefficient (Wildman–Crippen LogP) is 0.960. The average Bonchev–Trinajstić information content (AvgIpc) is 2.55. The standard InChI is InChI=1S/C16H23N5O2/c1-3-5-14(18-12(2)22)16(23)21-10-7-13(8-11-21)19-15-6-4-9-17-20-15/h3-4,6,9,13-14H,1,5,7-8,10-11H2,2H3,(H,18,22)(H,19,20)/t14-/m0/s1. The molecule has 0 bridgehead atoms. The summed E-state index contributed by atoms with van der Waals surface area (Å²) in [5.74, 6) is 0.502. The van der Waals surface area contributed by atoms with E-state index < -0.39 is 6.04 Å². The van der Waals surface area contributed by atoms with E-state index in [-0.39, 0.29) is 17.9 Å². The maximum atomic E-state index is 12.5. The van der Waals surface area contributed by atoms with Gasteiger partial charge in [0.25, 0.3) is 0 Å². The second-order valence-corrected chi connectivity index (χ2v) is 5.63. The van der Waals surface area contributed by atoms with Crippen LogP contribution in [0, 0.1) is 0 Å². The highest BCUT2D eigenvalue weighted by Crippen LogP contribution is 2.16. The molecule has 0 aromatic carbocycles. The number of anilines is 1. The molecule has 2 rings (SSSR count). The number of nitrogens with one attached hydrogen (secondary N) is 2. The number of likely N-dealkylation sites (tertiary alicyclic amines) is 1. The van der Waals surface area contributed by atoms with Crippen molar-refractivity contribution < 1.29 is 9.59 Å². The van der Waals surface area contributed by atoms with Crippen LogP contribution in [-0.4, -0.2) is 52.1 Å². The van der Waals surface area contributed by atoms with Crippen molar-refractivity contribution in [1.29, 1.82) is 0 Å². The first-order valence-corrected chi connectivity index (χ1v) is 7.81. The summed E-state index contributed by atoms with van der Waals surface area (Å²) in [6.07, 6.45) is 5.40. The van der Waals surface area contributed by atoms with Gasteiger partial charge in [0, 0.05) is 32.3 Å². The highest BCUT2D eigenvalue weighted by molar-refractivity contribution is 5.87. The molecule has 7 nitrogen and oxygen atoms in total. The summed E-state index contributed by atoms with van der Waals surface area (Å²) in [4.78, 5) is 25.5. The molecule has 0 radical (unpaired) electrons. The van der Waals surface area contributed by atoms with Crippen molar-refractivity contribution in [2.24, 2.45) is 0 Å². The predicted molar refractivity (Wildman–Crippen MR) is 87.7 cm³/mol. The Morgan fingerprint density at radius 2 is 2.22 bits per heavy atom. The number of carbonyl (C=O) groups is 2. The van der Waals surface area contributed by atoms with Crippen molar-refractivity contribution in [1.82, 2.24) is 20.4 Å². The SMILES string of the molecule is C=CC[C@H](NC(C)=O)C(=O)N1CCC(Nc2cccnn2)CC1. The van der Waals surface area contributed by atoms with Crippen molar-refractivity contribution in [2.45, 2.75) is 38.3 Å². The Morgan fingerprint density at radius 3 is 2.78 bits per heavy atom. The molecule has 0 spiro atoms. The lowest BCUT2D eigenvalue weighted by atomic mass is 10.0. The quantitative estimate of drug-likeness (QED) is 0.763. The van der Waals surface area contributed by atoms with Crippen LogP contribution < -0.4 is 10.6 Å².